The fourth-order valence-corrected chi connectivity index (χ4v) is 3.51. The number of likely N-dealkylation sites (tertiary alicyclic amines) is 1. The normalized spacial score (nSPS) is 28.3. The number of aliphatic carboxylic acids is 1. The Morgan fingerprint density at radius 3 is 3.00 bits per heavy atom. The van der Waals surface area contributed by atoms with E-state index in [1.54, 1.807) is 0 Å². The number of nitrogens with one attached hydrogen (secondary N) is 1. The van der Waals surface area contributed by atoms with E-state index >= 15 is 0 Å². The van der Waals surface area contributed by atoms with Gasteiger partial charge in [0.25, 0.3) is 0 Å². The number of para-hydroxylation sites is 1. The number of nitrogens with zero attached hydrogens (tertiary/aromatic N) is 1. The van der Waals surface area contributed by atoms with Crippen LogP contribution in [0.1, 0.15) is 24.8 Å². The second kappa shape index (κ2) is 6.34. The topological polar surface area (TPSA) is 61.8 Å². The van der Waals surface area contributed by atoms with Gasteiger partial charge in [0.05, 0.1) is 12.0 Å². The molecule has 2 aliphatic heterocycles. The lowest BCUT2D eigenvalue weighted by molar-refractivity contribution is -0.141. The molecule has 1 aromatic rings. The quantitative estimate of drug-likeness (QED) is 0.868. The summed E-state index contributed by atoms with van der Waals surface area (Å²) < 4.78 is 0. The molecule has 2 aliphatic rings. The van der Waals surface area contributed by atoms with Crippen molar-refractivity contribution in [2.45, 2.75) is 24.8 Å². The van der Waals surface area contributed by atoms with E-state index in [0.29, 0.717) is 0 Å². The number of carbonyl (C=O) groups is 1. The molecule has 1 aromatic carbocycles. The highest BCUT2D eigenvalue weighted by Gasteiger charge is 2.49. The molecule has 1 saturated heterocycles. The van der Waals surface area contributed by atoms with Crippen LogP contribution in [-0.4, -0.2) is 36.1 Å². The number of benzene rings is 1. The van der Waals surface area contributed by atoms with Gasteiger partial charge in [-0.25, -0.2) is 0 Å². The van der Waals surface area contributed by atoms with E-state index in [2.05, 4.69) is 17.4 Å². The number of hydrogen-bond acceptors (Lipinski definition) is 4. The van der Waals surface area contributed by atoms with E-state index in [1.165, 1.54) is 0 Å². The molecule has 21 heavy (non-hydrogen) atoms. The Morgan fingerprint density at radius 2 is 2.29 bits per heavy atom. The van der Waals surface area contributed by atoms with E-state index in [4.69, 9.17) is 4.84 Å². The highest BCUT2D eigenvalue weighted by Crippen LogP contribution is 2.45. The minimum atomic E-state index is -0.800. The maximum Gasteiger partial charge on any atom is 0.305 e. The molecule has 116 valence electrons. The van der Waals surface area contributed by atoms with Crippen molar-refractivity contribution in [2.75, 3.05) is 20.1 Å². The molecule has 2 N–H and O–H groups in total. The second-order valence-corrected chi connectivity index (χ2v) is 5.84. The van der Waals surface area contributed by atoms with Crippen LogP contribution in [0, 0.1) is 5.92 Å². The molecule has 2 atom stereocenters. The van der Waals surface area contributed by atoms with Crippen molar-refractivity contribution in [3.8, 4) is 5.75 Å². The summed E-state index contributed by atoms with van der Waals surface area (Å²) in [5.74, 6) is 0.189. The third-order valence-electron chi connectivity index (χ3n) is 4.46. The molecule has 3 rings (SSSR count). The summed E-state index contributed by atoms with van der Waals surface area (Å²) in [7, 11) is 2.09. The molecule has 0 radical (unpaired) electrons. The first-order valence-corrected chi connectivity index (χ1v) is 7.06. The van der Waals surface area contributed by atoms with Crippen molar-refractivity contribution in [1.29, 1.82) is 0 Å². The molecule has 2 heterocycles. The fraction of sp³-hybridized carbons (Fsp3) is 0.533. The van der Waals surface area contributed by atoms with Gasteiger partial charge in [-0.2, -0.15) is 0 Å². The molecule has 0 aliphatic carbocycles. The lowest BCUT2D eigenvalue weighted by Crippen LogP contribution is -2.52. The molecule has 0 aromatic heterocycles. The summed E-state index contributed by atoms with van der Waals surface area (Å²) >= 11 is 0. The number of fused-ring (bicyclic) bond motifs is 1. The third kappa shape index (κ3) is 2.93. The molecular weight excluding hydrogens is 336 g/mol. The zero-order valence-corrected chi connectivity index (χ0v) is 13.8. The van der Waals surface area contributed by atoms with E-state index in [0.717, 1.165) is 37.2 Å². The van der Waals surface area contributed by atoms with E-state index in [-0.39, 0.29) is 29.3 Å². The number of piperidine rings is 1. The van der Waals surface area contributed by atoms with Gasteiger partial charge in [-0.05, 0) is 38.4 Å². The van der Waals surface area contributed by atoms with Crippen molar-refractivity contribution in [2.24, 2.45) is 5.92 Å². The van der Waals surface area contributed by atoms with Crippen molar-refractivity contribution in [3.05, 3.63) is 29.8 Å². The van der Waals surface area contributed by atoms with Gasteiger partial charge in [0, 0.05) is 12.1 Å². The summed E-state index contributed by atoms with van der Waals surface area (Å²) in [5.41, 5.74) is 3.41. The van der Waals surface area contributed by atoms with Crippen molar-refractivity contribution in [3.63, 3.8) is 0 Å². The van der Waals surface area contributed by atoms with Crippen molar-refractivity contribution < 1.29 is 14.7 Å². The van der Waals surface area contributed by atoms with Crippen LogP contribution in [0.3, 0.4) is 0 Å². The van der Waals surface area contributed by atoms with Crippen LogP contribution in [0.4, 0.5) is 0 Å². The number of hydrogen-bond donors (Lipinski definition) is 2. The van der Waals surface area contributed by atoms with Gasteiger partial charge in [-0.15, -0.1) is 22.5 Å². The fourth-order valence-electron chi connectivity index (χ4n) is 3.51. The summed E-state index contributed by atoms with van der Waals surface area (Å²) in [6.45, 7) is 1.96. The average molecular weight is 357 g/mol. The summed E-state index contributed by atoms with van der Waals surface area (Å²) in [6.07, 6.45) is 2.15. The van der Waals surface area contributed by atoms with E-state index in [9.17, 15) is 9.90 Å². The first kappa shape index (κ1) is 16.3. The SMILES string of the molecule is Br.CN1CCCC(C2(CC(=O)O)NOc3ccccc32)C1. The third-order valence-corrected chi connectivity index (χ3v) is 4.46. The van der Waals surface area contributed by atoms with Crippen LogP contribution < -0.4 is 10.3 Å². The van der Waals surface area contributed by atoms with Crippen LogP contribution in [0.2, 0.25) is 0 Å². The monoisotopic (exact) mass is 356 g/mol. The smallest absolute Gasteiger partial charge is 0.305 e. The zero-order valence-electron chi connectivity index (χ0n) is 12.0. The number of hydroxylamine groups is 1. The Kier molecular flexibility index (Phi) is 4.91. The minimum absolute atomic E-state index is 0. The van der Waals surface area contributed by atoms with Gasteiger partial charge in [-0.1, -0.05) is 18.2 Å². The molecule has 0 amide bonds. The van der Waals surface area contributed by atoms with Gasteiger partial charge in [0.2, 0.25) is 0 Å². The highest BCUT2D eigenvalue weighted by atomic mass is 79.9. The first-order chi connectivity index (χ1) is 9.62. The number of halogens is 1. The number of carboxylic acid groups (broad SMARTS) is 1. The van der Waals surface area contributed by atoms with E-state index < -0.39 is 11.5 Å². The maximum atomic E-state index is 11.4. The molecule has 2 unspecified atom stereocenters. The second-order valence-electron chi connectivity index (χ2n) is 5.84. The summed E-state index contributed by atoms with van der Waals surface area (Å²) in [4.78, 5) is 19.2. The minimum Gasteiger partial charge on any atom is -0.481 e. The number of carboxylic acids is 1. The van der Waals surface area contributed by atoms with Gasteiger partial charge in [0.1, 0.15) is 0 Å². The molecular formula is C15H21BrN2O3. The lowest BCUT2D eigenvalue weighted by atomic mass is 9.73. The Labute approximate surface area is 135 Å². The van der Waals surface area contributed by atoms with Crippen LogP contribution in [0.25, 0.3) is 0 Å². The largest absolute Gasteiger partial charge is 0.481 e. The van der Waals surface area contributed by atoms with Gasteiger partial charge < -0.3 is 14.8 Å². The highest BCUT2D eigenvalue weighted by molar-refractivity contribution is 8.93. The molecule has 5 nitrogen and oxygen atoms in total. The first-order valence-electron chi connectivity index (χ1n) is 7.06. The molecule has 1 fully saturated rings. The predicted molar refractivity (Wildman–Crippen MR) is 84.7 cm³/mol. The Balaban J connectivity index is 0.00000161. The number of rotatable bonds is 3. The van der Waals surface area contributed by atoms with E-state index in [1.807, 2.05) is 24.3 Å². The van der Waals surface area contributed by atoms with Gasteiger partial charge >= 0.3 is 5.97 Å². The average Bonchev–Trinajstić information content (AvgIpc) is 2.79. The Morgan fingerprint density at radius 1 is 1.52 bits per heavy atom. The van der Waals surface area contributed by atoms with Gasteiger partial charge in [-0.3, -0.25) is 4.79 Å². The van der Waals surface area contributed by atoms with Crippen LogP contribution in [-0.2, 0) is 10.3 Å². The molecule has 6 heteroatoms. The standard InChI is InChI=1S/C15H20N2O3.BrH/c1-17-8-4-5-11(10-17)15(9-14(18)19)12-6-2-3-7-13(12)20-16-15;/h2-3,6-7,11,16H,4-5,8-10H2,1H3,(H,18,19);1H. The summed E-state index contributed by atoms with van der Waals surface area (Å²) in [6, 6.07) is 7.72. The van der Waals surface area contributed by atoms with Crippen molar-refractivity contribution >= 4 is 23.0 Å². The van der Waals surface area contributed by atoms with Crippen LogP contribution in [0.5, 0.6) is 5.75 Å². The predicted octanol–water partition coefficient (Wildman–Crippen LogP) is 2.17. The molecule has 0 bridgehead atoms. The lowest BCUT2D eigenvalue weighted by Gasteiger charge is -2.40. The Bertz CT molecular complexity index is 525. The van der Waals surface area contributed by atoms with Gasteiger partial charge in [0.15, 0.2) is 5.75 Å². The van der Waals surface area contributed by atoms with Crippen LogP contribution in [0.15, 0.2) is 24.3 Å². The zero-order chi connectivity index (χ0) is 14.2. The molecule has 0 spiro atoms. The molecule has 0 saturated carbocycles. The Hall–Kier alpha value is -1.11. The van der Waals surface area contributed by atoms with Crippen LogP contribution >= 0.6 is 17.0 Å². The van der Waals surface area contributed by atoms with Crippen molar-refractivity contribution in [1.82, 2.24) is 10.4 Å². The maximum absolute atomic E-state index is 11.4. The summed E-state index contributed by atoms with van der Waals surface area (Å²) in [5, 5.41) is 9.35.